The quantitative estimate of drug-likeness (QED) is 0.373. The van der Waals surface area contributed by atoms with E-state index >= 15 is 0 Å². The molecule has 4 rings (SSSR count). The molecule has 0 N–H and O–H groups in total. The third-order valence-corrected chi connectivity index (χ3v) is 6.23. The number of ether oxygens (including phenoxy) is 3. The van der Waals surface area contributed by atoms with Gasteiger partial charge >= 0.3 is 0 Å². The van der Waals surface area contributed by atoms with Crippen molar-refractivity contribution in [2.75, 3.05) is 13.2 Å². The molecule has 0 aromatic heterocycles. The van der Waals surface area contributed by atoms with Crippen LogP contribution in [0.5, 0.6) is 17.2 Å². The molecule has 2 heterocycles. The van der Waals surface area contributed by atoms with Crippen LogP contribution in [0.1, 0.15) is 75.0 Å². The lowest BCUT2D eigenvalue weighted by Gasteiger charge is -2.31. The van der Waals surface area contributed by atoms with Gasteiger partial charge in [-0.25, -0.2) is 4.39 Å². The first-order valence-corrected chi connectivity index (χ1v) is 11.3. The maximum absolute atomic E-state index is 15.0. The number of hydrogen-bond acceptors (Lipinski definition) is 3. The largest absolute Gasteiger partial charge is 0.491 e. The molecular weight excluding hydrogens is 405 g/mol. The van der Waals surface area contributed by atoms with Gasteiger partial charge in [0.05, 0.1) is 19.3 Å². The first kappa shape index (κ1) is 22.0. The van der Waals surface area contributed by atoms with Crippen molar-refractivity contribution in [1.82, 2.24) is 0 Å². The molecule has 31 heavy (non-hydrogen) atoms. The SMILES string of the molecule is CCCCCC1CCC(c2cc3c(c(F)c2F)Oc2c(ccc(OCC)c2F)C3)CO1. The van der Waals surface area contributed by atoms with E-state index in [-0.39, 0.29) is 35.7 Å². The molecule has 3 nitrogen and oxygen atoms in total. The predicted molar refractivity (Wildman–Crippen MR) is 113 cm³/mol. The fourth-order valence-electron chi connectivity index (χ4n) is 4.53. The Labute approximate surface area is 181 Å². The fraction of sp³-hybridized carbons (Fsp3) is 0.520. The van der Waals surface area contributed by atoms with Gasteiger partial charge in [0.15, 0.2) is 23.1 Å². The Bertz CT molecular complexity index is 936. The molecule has 2 atom stereocenters. The number of benzene rings is 2. The van der Waals surface area contributed by atoms with E-state index in [1.807, 2.05) is 0 Å². The molecule has 0 bridgehead atoms. The van der Waals surface area contributed by atoms with Crippen molar-refractivity contribution in [3.05, 3.63) is 52.3 Å². The molecule has 0 saturated carbocycles. The number of unbranched alkanes of at least 4 members (excludes halogenated alkanes) is 2. The fourth-order valence-corrected chi connectivity index (χ4v) is 4.53. The first-order valence-electron chi connectivity index (χ1n) is 11.3. The molecule has 0 aliphatic carbocycles. The molecule has 0 spiro atoms. The van der Waals surface area contributed by atoms with Crippen molar-refractivity contribution in [3.8, 4) is 17.2 Å². The van der Waals surface area contributed by atoms with Crippen molar-refractivity contribution in [1.29, 1.82) is 0 Å². The summed E-state index contributed by atoms with van der Waals surface area (Å²) in [5.41, 5.74) is 1.43. The summed E-state index contributed by atoms with van der Waals surface area (Å²) in [4.78, 5) is 0. The van der Waals surface area contributed by atoms with E-state index < -0.39 is 17.5 Å². The van der Waals surface area contributed by atoms with Gasteiger partial charge in [-0.2, -0.15) is 8.78 Å². The summed E-state index contributed by atoms with van der Waals surface area (Å²) in [6.07, 6.45) is 6.57. The van der Waals surface area contributed by atoms with Crippen molar-refractivity contribution in [2.24, 2.45) is 0 Å². The minimum absolute atomic E-state index is 0.0371. The molecule has 0 amide bonds. The molecule has 2 unspecified atom stereocenters. The topological polar surface area (TPSA) is 27.7 Å². The van der Waals surface area contributed by atoms with Crippen LogP contribution in [0.25, 0.3) is 0 Å². The second-order valence-corrected chi connectivity index (χ2v) is 8.39. The zero-order valence-corrected chi connectivity index (χ0v) is 18.1. The zero-order valence-electron chi connectivity index (χ0n) is 18.1. The van der Waals surface area contributed by atoms with E-state index in [2.05, 4.69) is 6.92 Å². The molecular formula is C25H29F3O3. The predicted octanol–water partition coefficient (Wildman–Crippen LogP) is 7.04. The van der Waals surface area contributed by atoms with Crippen LogP contribution in [0.3, 0.4) is 0 Å². The van der Waals surface area contributed by atoms with Crippen LogP contribution >= 0.6 is 0 Å². The Morgan fingerprint density at radius 1 is 0.968 bits per heavy atom. The summed E-state index contributed by atoms with van der Waals surface area (Å²) in [5, 5.41) is 0. The van der Waals surface area contributed by atoms with Crippen molar-refractivity contribution < 1.29 is 27.4 Å². The lowest BCUT2D eigenvalue weighted by atomic mass is 9.87. The van der Waals surface area contributed by atoms with Gasteiger partial charge in [-0.3, -0.25) is 0 Å². The standard InChI is InChI=1S/C25H29F3O3/c1-3-5-6-7-18-10-8-16(14-30-18)19-13-17-12-15-9-11-20(29-4-2)22(27)24(15)31-25(17)23(28)21(19)26/h9,11,13,16,18H,3-8,10,12,14H2,1-2H3. The minimum Gasteiger partial charge on any atom is -0.491 e. The lowest BCUT2D eigenvalue weighted by molar-refractivity contribution is -0.00281. The highest BCUT2D eigenvalue weighted by Gasteiger charge is 2.32. The Balaban J connectivity index is 1.54. The van der Waals surface area contributed by atoms with Gasteiger partial charge in [0.1, 0.15) is 0 Å². The van der Waals surface area contributed by atoms with E-state index in [0.29, 0.717) is 29.9 Å². The van der Waals surface area contributed by atoms with Crippen molar-refractivity contribution in [3.63, 3.8) is 0 Å². The van der Waals surface area contributed by atoms with Crippen LogP contribution in [0.4, 0.5) is 13.2 Å². The molecule has 6 heteroatoms. The van der Waals surface area contributed by atoms with Gasteiger partial charge in [0.25, 0.3) is 0 Å². The molecule has 1 fully saturated rings. The Hall–Kier alpha value is -2.21. The maximum Gasteiger partial charge on any atom is 0.207 e. The molecule has 2 aliphatic rings. The van der Waals surface area contributed by atoms with E-state index in [9.17, 15) is 13.2 Å². The smallest absolute Gasteiger partial charge is 0.207 e. The second kappa shape index (κ2) is 9.51. The Morgan fingerprint density at radius 3 is 2.48 bits per heavy atom. The second-order valence-electron chi connectivity index (χ2n) is 8.39. The normalized spacial score (nSPS) is 20.0. The summed E-state index contributed by atoms with van der Waals surface area (Å²) in [5.74, 6) is -3.18. The summed E-state index contributed by atoms with van der Waals surface area (Å²) < 4.78 is 61.4. The third-order valence-electron chi connectivity index (χ3n) is 6.23. The summed E-state index contributed by atoms with van der Waals surface area (Å²) >= 11 is 0. The molecule has 168 valence electrons. The summed E-state index contributed by atoms with van der Waals surface area (Å²) in [7, 11) is 0. The van der Waals surface area contributed by atoms with Gasteiger partial charge in [0.2, 0.25) is 11.6 Å². The van der Waals surface area contributed by atoms with Crippen molar-refractivity contribution >= 4 is 0 Å². The number of rotatable bonds is 7. The Kier molecular flexibility index (Phi) is 6.75. The monoisotopic (exact) mass is 434 g/mol. The minimum atomic E-state index is -1.07. The van der Waals surface area contributed by atoms with E-state index in [1.165, 1.54) is 6.42 Å². The highest BCUT2D eigenvalue weighted by Crippen LogP contribution is 2.45. The number of fused-ring (bicyclic) bond motifs is 2. The number of hydrogen-bond donors (Lipinski definition) is 0. The van der Waals surface area contributed by atoms with Gasteiger partial charge in [0, 0.05) is 23.5 Å². The van der Waals surface area contributed by atoms with Crippen LogP contribution in [-0.2, 0) is 11.2 Å². The van der Waals surface area contributed by atoms with Crippen molar-refractivity contribution in [2.45, 2.75) is 70.8 Å². The third kappa shape index (κ3) is 4.40. The van der Waals surface area contributed by atoms with Gasteiger partial charge < -0.3 is 14.2 Å². The van der Waals surface area contributed by atoms with Crippen LogP contribution in [-0.4, -0.2) is 19.3 Å². The summed E-state index contributed by atoms with van der Waals surface area (Å²) in [6.45, 7) is 4.59. The van der Waals surface area contributed by atoms with Crippen LogP contribution < -0.4 is 9.47 Å². The summed E-state index contributed by atoms with van der Waals surface area (Å²) in [6, 6.07) is 4.91. The lowest BCUT2D eigenvalue weighted by Crippen LogP contribution is -2.26. The zero-order chi connectivity index (χ0) is 22.0. The van der Waals surface area contributed by atoms with E-state index in [1.54, 1.807) is 25.1 Å². The highest BCUT2D eigenvalue weighted by molar-refractivity contribution is 5.55. The average molecular weight is 434 g/mol. The highest BCUT2D eigenvalue weighted by atomic mass is 19.2. The Morgan fingerprint density at radius 2 is 1.77 bits per heavy atom. The van der Waals surface area contributed by atoms with Gasteiger partial charge in [-0.1, -0.05) is 32.3 Å². The van der Waals surface area contributed by atoms with Crippen LogP contribution in [0.2, 0.25) is 0 Å². The van der Waals surface area contributed by atoms with Crippen LogP contribution in [0, 0.1) is 17.5 Å². The molecule has 2 aromatic rings. The number of halogens is 3. The molecule has 2 aromatic carbocycles. The van der Waals surface area contributed by atoms with Gasteiger partial charge in [-0.15, -0.1) is 0 Å². The molecule has 0 radical (unpaired) electrons. The van der Waals surface area contributed by atoms with Crippen LogP contribution in [0.15, 0.2) is 18.2 Å². The maximum atomic E-state index is 15.0. The van der Waals surface area contributed by atoms with E-state index in [0.717, 1.165) is 32.1 Å². The van der Waals surface area contributed by atoms with Gasteiger partial charge in [-0.05, 0) is 43.9 Å². The molecule has 2 aliphatic heterocycles. The van der Waals surface area contributed by atoms with E-state index in [4.69, 9.17) is 14.2 Å². The molecule has 1 saturated heterocycles. The average Bonchev–Trinajstić information content (AvgIpc) is 2.78. The first-order chi connectivity index (χ1) is 15.0.